The van der Waals surface area contributed by atoms with Crippen LogP contribution in [0.25, 0.3) is 0 Å². The average molecular weight is 467 g/mol. The van der Waals surface area contributed by atoms with Gasteiger partial charge in [0.05, 0.1) is 4.90 Å². The number of ether oxygens (including phenoxy) is 1. The molecule has 0 aliphatic carbocycles. The van der Waals surface area contributed by atoms with Gasteiger partial charge in [-0.25, -0.2) is 13.2 Å². The molecule has 1 N–H and O–H groups in total. The number of likely N-dealkylation sites (N-methyl/N-ethyl adjacent to an activating group) is 1. The van der Waals surface area contributed by atoms with E-state index in [0.29, 0.717) is 51.3 Å². The Morgan fingerprint density at radius 1 is 1.12 bits per heavy atom. The molecular weight excluding hydrogens is 432 g/mol. The molecule has 32 heavy (non-hydrogen) atoms. The van der Waals surface area contributed by atoms with Gasteiger partial charge >= 0.3 is 6.09 Å². The molecule has 2 aliphatic heterocycles. The van der Waals surface area contributed by atoms with Gasteiger partial charge in [0.25, 0.3) is 0 Å². The molecule has 2 heterocycles. The zero-order chi connectivity index (χ0) is 23.5. The predicted molar refractivity (Wildman–Crippen MR) is 122 cm³/mol. The molecule has 0 bridgehead atoms. The Labute approximate surface area is 190 Å². The van der Waals surface area contributed by atoms with Gasteiger partial charge in [0.15, 0.2) is 0 Å². The number of amides is 2. The number of carbonyl (C=O) groups excluding carboxylic acids is 2. The maximum Gasteiger partial charge on any atom is 0.410 e. The molecule has 178 valence electrons. The van der Waals surface area contributed by atoms with Gasteiger partial charge in [-0.3, -0.25) is 9.69 Å². The molecule has 0 radical (unpaired) electrons. The van der Waals surface area contributed by atoms with Gasteiger partial charge in [0.2, 0.25) is 15.9 Å². The second-order valence-electron chi connectivity index (χ2n) is 9.19. The van der Waals surface area contributed by atoms with Crippen molar-refractivity contribution in [2.75, 3.05) is 44.6 Å². The third-order valence-corrected chi connectivity index (χ3v) is 7.60. The lowest BCUT2D eigenvalue weighted by Crippen LogP contribution is -2.48. The van der Waals surface area contributed by atoms with Crippen molar-refractivity contribution in [1.82, 2.24) is 14.1 Å². The van der Waals surface area contributed by atoms with E-state index in [0.717, 1.165) is 6.54 Å². The number of nitrogens with one attached hydrogen (secondary N) is 1. The Balaban J connectivity index is 1.69. The fraction of sp³-hybridized carbons (Fsp3) is 0.636. The molecule has 10 heteroatoms. The van der Waals surface area contributed by atoms with Crippen LogP contribution in [0, 0.1) is 0 Å². The summed E-state index contributed by atoms with van der Waals surface area (Å²) in [5.74, 6) is -0.348. The molecular formula is C22H34N4O5S. The first-order valence-electron chi connectivity index (χ1n) is 11.1. The number of hydrogen-bond donors (Lipinski definition) is 1. The zero-order valence-corrected chi connectivity index (χ0v) is 20.2. The van der Waals surface area contributed by atoms with Crippen molar-refractivity contribution in [3.05, 3.63) is 24.3 Å². The second-order valence-corrected chi connectivity index (χ2v) is 11.1. The maximum atomic E-state index is 13.1. The average Bonchev–Trinajstić information content (AvgIpc) is 3.23. The van der Waals surface area contributed by atoms with E-state index in [9.17, 15) is 18.0 Å². The first-order chi connectivity index (χ1) is 15.0. The first-order valence-corrected chi connectivity index (χ1v) is 12.6. The van der Waals surface area contributed by atoms with E-state index in [4.69, 9.17) is 4.74 Å². The molecule has 2 fully saturated rings. The molecule has 0 spiro atoms. The number of nitrogens with zero attached hydrogens (tertiary/aromatic N) is 3. The van der Waals surface area contributed by atoms with Crippen LogP contribution in [0.4, 0.5) is 10.5 Å². The van der Waals surface area contributed by atoms with E-state index < -0.39 is 27.8 Å². The van der Waals surface area contributed by atoms with Gasteiger partial charge in [-0.1, -0.05) is 13.0 Å². The number of hydrogen-bond acceptors (Lipinski definition) is 6. The van der Waals surface area contributed by atoms with Crippen molar-refractivity contribution in [2.45, 2.75) is 57.1 Å². The number of piperazine rings is 1. The minimum Gasteiger partial charge on any atom is -0.444 e. The summed E-state index contributed by atoms with van der Waals surface area (Å²) in [4.78, 5) is 29.2. The molecule has 1 aromatic rings. The van der Waals surface area contributed by atoms with Crippen LogP contribution in [0.5, 0.6) is 0 Å². The molecule has 1 aromatic carbocycles. The molecule has 0 saturated carbocycles. The highest BCUT2D eigenvalue weighted by atomic mass is 32.2. The number of carbonyl (C=O) groups is 2. The quantitative estimate of drug-likeness (QED) is 0.715. The number of rotatable bonds is 5. The van der Waals surface area contributed by atoms with Crippen molar-refractivity contribution in [3.63, 3.8) is 0 Å². The summed E-state index contributed by atoms with van der Waals surface area (Å²) in [5, 5.41) is 2.78. The summed E-state index contributed by atoms with van der Waals surface area (Å²) >= 11 is 0. The Kier molecular flexibility index (Phi) is 7.46. The summed E-state index contributed by atoms with van der Waals surface area (Å²) in [7, 11) is -3.64. The summed E-state index contributed by atoms with van der Waals surface area (Å²) in [6.45, 7) is 11.0. The van der Waals surface area contributed by atoms with E-state index in [-0.39, 0.29) is 10.8 Å². The minimum atomic E-state index is -3.64. The van der Waals surface area contributed by atoms with Gasteiger partial charge < -0.3 is 15.0 Å². The third kappa shape index (κ3) is 5.79. The van der Waals surface area contributed by atoms with Crippen LogP contribution < -0.4 is 5.32 Å². The van der Waals surface area contributed by atoms with Crippen molar-refractivity contribution in [3.8, 4) is 0 Å². The lowest BCUT2D eigenvalue weighted by atomic mass is 10.2. The van der Waals surface area contributed by atoms with E-state index in [1.54, 1.807) is 39.0 Å². The smallest absolute Gasteiger partial charge is 0.410 e. The SMILES string of the molecule is CCN1CCN(S(=O)(=O)c2cccc(NC(=O)[C@@H]3CCCN3C(=O)OC(C)(C)C)c2)CC1. The van der Waals surface area contributed by atoms with Crippen molar-refractivity contribution < 1.29 is 22.7 Å². The fourth-order valence-corrected chi connectivity index (χ4v) is 5.44. The number of likely N-dealkylation sites (tertiary alicyclic amines) is 1. The number of anilines is 1. The Hall–Kier alpha value is -2.17. The van der Waals surface area contributed by atoms with Crippen molar-refractivity contribution in [2.24, 2.45) is 0 Å². The Bertz CT molecular complexity index is 936. The third-order valence-electron chi connectivity index (χ3n) is 5.70. The lowest BCUT2D eigenvalue weighted by Gasteiger charge is -2.33. The van der Waals surface area contributed by atoms with Crippen LogP contribution in [0.1, 0.15) is 40.5 Å². The molecule has 9 nitrogen and oxygen atoms in total. The summed E-state index contributed by atoms with van der Waals surface area (Å²) in [5.41, 5.74) is -0.259. The van der Waals surface area contributed by atoms with Crippen molar-refractivity contribution in [1.29, 1.82) is 0 Å². The van der Waals surface area contributed by atoms with Gasteiger partial charge in [0, 0.05) is 38.4 Å². The molecule has 2 saturated heterocycles. The van der Waals surface area contributed by atoms with Crippen LogP contribution in [-0.4, -0.2) is 85.4 Å². The molecule has 0 unspecified atom stereocenters. The van der Waals surface area contributed by atoms with Gasteiger partial charge in [0.1, 0.15) is 11.6 Å². The monoisotopic (exact) mass is 466 g/mol. The summed E-state index contributed by atoms with van der Waals surface area (Å²) in [6.07, 6.45) is 0.720. The molecule has 3 rings (SSSR count). The summed E-state index contributed by atoms with van der Waals surface area (Å²) in [6, 6.07) is 5.64. The van der Waals surface area contributed by atoms with E-state index in [1.165, 1.54) is 15.3 Å². The van der Waals surface area contributed by atoms with E-state index in [2.05, 4.69) is 17.1 Å². The highest BCUT2D eigenvalue weighted by Crippen LogP contribution is 2.24. The van der Waals surface area contributed by atoms with Crippen LogP contribution in [0.15, 0.2) is 29.2 Å². The fourth-order valence-electron chi connectivity index (χ4n) is 3.97. The normalized spacial score (nSPS) is 20.9. The molecule has 2 aliphatic rings. The highest BCUT2D eigenvalue weighted by molar-refractivity contribution is 7.89. The predicted octanol–water partition coefficient (Wildman–Crippen LogP) is 2.35. The minimum absolute atomic E-state index is 0.149. The highest BCUT2D eigenvalue weighted by Gasteiger charge is 2.37. The van der Waals surface area contributed by atoms with Crippen LogP contribution in [0.2, 0.25) is 0 Å². The topological polar surface area (TPSA) is 99.3 Å². The Morgan fingerprint density at radius 2 is 1.81 bits per heavy atom. The van der Waals surface area contributed by atoms with E-state index in [1.807, 2.05) is 0 Å². The lowest BCUT2D eigenvalue weighted by molar-refractivity contribution is -0.120. The standard InChI is InChI=1S/C22H34N4O5S/c1-5-24-12-14-25(15-13-24)32(29,30)18-9-6-8-17(16-18)23-20(27)19-10-7-11-26(19)21(28)31-22(2,3)4/h6,8-9,16,19H,5,7,10-15H2,1-4H3,(H,23,27)/t19-/m0/s1. The number of benzene rings is 1. The Morgan fingerprint density at radius 3 is 2.44 bits per heavy atom. The molecule has 2 amide bonds. The summed E-state index contributed by atoms with van der Waals surface area (Å²) < 4.78 is 33.1. The maximum absolute atomic E-state index is 13.1. The van der Waals surface area contributed by atoms with Gasteiger partial charge in [-0.2, -0.15) is 4.31 Å². The van der Waals surface area contributed by atoms with Crippen molar-refractivity contribution >= 4 is 27.7 Å². The van der Waals surface area contributed by atoms with E-state index >= 15 is 0 Å². The second kappa shape index (κ2) is 9.76. The van der Waals surface area contributed by atoms with Gasteiger partial charge in [-0.15, -0.1) is 0 Å². The van der Waals surface area contributed by atoms with Gasteiger partial charge in [-0.05, 0) is 58.4 Å². The zero-order valence-electron chi connectivity index (χ0n) is 19.3. The molecule has 0 aromatic heterocycles. The van der Waals surface area contributed by atoms with Crippen LogP contribution >= 0.6 is 0 Å². The van der Waals surface area contributed by atoms with Crippen LogP contribution in [-0.2, 0) is 19.6 Å². The first kappa shape index (κ1) is 24.5. The van der Waals surface area contributed by atoms with Crippen LogP contribution in [0.3, 0.4) is 0 Å². The molecule has 1 atom stereocenters. The largest absolute Gasteiger partial charge is 0.444 e. The number of sulfonamides is 1.